The zero-order valence-electron chi connectivity index (χ0n) is 10.4. The Labute approximate surface area is 116 Å². The van der Waals surface area contributed by atoms with Crippen molar-refractivity contribution in [2.24, 2.45) is 4.99 Å². The van der Waals surface area contributed by atoms with E-state index in [2.05, 4.69) is 32.1 Å². The van der Waals surface area contributed by atoms with Gasteiger partial charge in [-0.05, 0) is 5.56 Å². The highest BCUT2D eigenvalue weighted by atomic mass is 35.5. The second kappa shape index (κ2) is 5.67. The zero-order valence-corrected chi connectivity index (χ0v) is 11.3. The molecule has 6 heteroatoms. The molecule has 1 N–H and O–H groups in total. The van der Waals surface area contributed by atoms with Crippen LogP contribution < -0.4 is 5.49 Å². The van der Waals surface area contributed by atoms with Crippen LogP contribution >= 0.6 is 12.4 Å². The standard InChI is InChI=1S/C13H13N5.ClH/c1-14-12-11-13(16-8-15-11)18(9-17-12)7-10-5-3-2-4-6-10;/h2-6,8-9H,7H2,1H3,(H,15,16);1H. The highest BCUT2D eigenvalue weighted by Crippen LogP contribution is 2.07. The molecule has 19 heavy (non-hydrogen) atoms. The Morgan fingerprint density at radius 3 is 2.74 bits per heavy atom. The Morgan fingerprint density at radius 2 is 2.00 bits per heavy atom. The Balaban J connectivity index is 0.00000133. The van der Waals surface area contributed by atoms with Crippen LogP contribution in [0.3, 0.4) is 0 Å². The molecular formula is C13H14ClN5. The number of fused-ring (bicyclic) bond motifs is 1. The quantitative estimate of drug-likeness (QED) is 0.775. The molecule has 3 aromatic rings. The van der Waals surface area contributed by atoms with E-state index in [0.29, 0.717) is 5.49 Å². The lowest BCUT2D eigenvalue weighted by Gasteiger charge is -2.06. The summed E-state index contributed by atoms with van der Waals surface area (Å²) in [6.45, 7) is 0.749. The van der Waals surface area contributed by atoms with Crippen LogP contribution in [0, 0.1) is 0 Å². The number of hydrogen-bond donors (Lipinski definition) is 1. The first-order chi connectivity index (χ1) is 8.88. The minimum Gasteiger partial charge on any atom is -0.340 e. The van der Waals surface area contributed by atoms with Crippen LogP contribution in [0.4, 0.5) is 0 Å². The van der Waals surface area contributed by atoms with Gasteiger partial charge in [-0.1, -0.05) is 30.3 Å². The molecule has 2 aromatic heterocycles. The van der Waals surface area contributed by atoms with E-state index in [4.69, 9.17) is 0 Å². The molecule has 98 valence electrons. The first-order valence-electron chi connectivity index (χ1n) is 5.74. The van der Waals surface area contributed by atoms with Crippen LogP contribution in [0.25, 0.3) is 11.2 Å². The molecule has 0 amide bonds. The van der Waals surface area contributed by atoms with E-state index < -0.39 is 0 Å². The van der Waals surface area contributed by atoms with Gasteiger partial charge in [0.15, 0.2) is 11.1 Å². The molecule has 0 aliphatic rings. The fourth-order valence-corrected chi connectivity index (χ4v) is 1.98. The molecule has 1 aromatic carbocycles. The molecule has 0 saturated carbocycles. The van der Waals surface area contributed by atoms with Crippen LogP contribution in [0.2, 0.25) is 0 Å². The first-order valence-corrected chi connectivity index (χ1v) is 5.74. The number of hydrogen-bond acceptors (Lipinski definition) is 3. The summed E-state index contributed by atoms with van der Waals surface area (Å²) in [4.78, 5) is 15.9. The molecule has 0 saturated heterocycles. The number of imidazole rings is 1. The van der Waals surface area contributed by atoms with Crippen LogP contribution in [-0.4, -0.2) is 26.6 Å². The molecule has 2 heterocycles. The van der Waals surface area contributed by atoms with Crippen molar-refractivity contribution < 1.29 is 0 Å². The van der Waals surface area contributed by atoms with Crippen LogP contribution in [0.15, 0.2) is 48.0 Å². The molecule has 0 atom stereocenters. The van der Waals surface area contributed by atoms with E-state index in [-0.39, 0.29) is 12.4 Å². The molecule has 0 aliphatic carbocycles. The van der Waals surface area contributed by atoms with Gasteiger partial charge in [0.1, 0.15) is 5.52 Å². The number of H-pyrrole nitrogens is 1. The monoisotopic (exact) mass is 275 g/mol. The van der Waals surface area contributed by atoms with Gasteiger partial charge in [0.25, 0.3) is 0 Å². The Kier molecular flexibility index (Phi) is 3.97. The number of benzene rings is 1. The lowest BCUT2D eigenvalue weighted by atomic mass is 10.2. The largest absolute Gasteiger partial charge is 0.340 e. The van der Waals surface area contributed by atoms with Gasteiger partial charge in [-0.15, -0.1) is 12.4 Å². The van der Waals surface area contributed by atoms with Gasteiger partial charge >= 0.3 is 0 Å². The Hall–Kier alpha value is -2.14. The summed E-state index contributed by atoms with van der Waals surface area (Å²) >= 11 is 0. The molecular weight excluding hydrogens is 262 g/mol. The number of aromatic amines is 1. The summed E-state index contributed by atoms with van der Waals surface area (Å²) < 4.78 is 2.01. The highest BCUT2D eigenvalue weighted by Gasteiger charge is 2.04. The summed E-state index contributed by atoms with van der Waals surface area (Å²) in [7, 11) is 1.73. The van der Waals surface area contributed by atoms with E-state index in [1.165, 1.54) is 5.56 Å². The molecule has 0 aliphatic heterocycles. The van der Waals surface area contributed by atoms with Gasteiger partial charge in [-0.25, -0.2) is 9.97 Å². The zero-order chi connectivity index (χ0) is 12.4. The summed E-state index contributed by atoms with van der Waals surface area (Å²) in [5.41, 5.74) is 3.65. The van der Waals surface area contributed by atoms with Crippen molar-refractivity contribution in [3.63, 3.8) is 0 Å². The minimum atomic E-state index is 0. The summed E-state index contributed by atoms with van der Waals surface area (Å²) in [5.74, 6) is 0. The average Bonchev–Trinajstić information content (AvgIpc) is 2.90. The fourth-order valence-electron chi connectivity index (χ4n) is 1.98. The van der Waals surface area contributed by atoms with Crippen molar-refractivity contribution in [1.29, 1.82) is 0 Å². The second-order valence-electron chi connectivity index (χ2n) is 4.01. The van der Waals surface area contributed by atoms with Crippen molar-refractivity contribution in [2.45, 2.75) is 6.54 Å². The van der Waals surface area contributed by atoms with E-state index >= 15 is 0 Å². The maximum absolute atomic E-state index is 4.33. The molecule has 0 bridgehead atoms. The predicted molar refractivity (Wildman–Crippen MR) is 76.2 cm³/mol. The number of nitrogens with one attached hydrogen (secondary N) is 1. The molecule has 0 radical (unpaired) electrons. The third-order valence-electron chi connectivity index (χ3n) is 2.84. The number of rotatable bonds is 2. The summed E-state index contributed by atoms with van der Waals surface area (Å²) in [6.07, 6.45) is 3.45. The molecule has 5 nitrogen and oxygen atoms in total. The van der Waals surface area contributed by atoms with Crippen LogP contribution in [0.1, 0.15) is 5.56 Å². The van der Waals surface area contributed by atoms with E-state index in [1.807, 2.05) is 22.8 Å². The van der Waals surface area contributed by atoms with Crippen molar-refractivity contribution >= 4 is 23.6 Å². The maximum Gasteiger partial charge on any atom is 0.176 e. The van der Waals surface area contributed by atoms with E-state index in [0.717, 1.165) is 17.7 Å². The number of nitrogens with zero attached hydrogens (tertiary/aromatic N) is 4. The maximum atomic E-state index is 4.33. The van der Waals surface area contributed by atoms with Gasteiger partial charge < -0.3 is 9.55 Å². The minimum absolute atomic E-state index is 0. The van der Waals surface area contributed by atoms with Gasteiger partial charge in [0, 0.05) is 7.05 Å². The van der Waals surface area contributed by atoms with Crippen molar-refractivity contribution in [1.82, 2.24) is 19.5 Å². The third-order valence-corrected chi connectivity index (χ3v) is 2.84. The lowest BCUT2D eigenvalue weighted by Crippen LogP contribution is -2.14. The van der Waals surface area contributed by atoms with Gasteiger partial charge in [0.2, 0.25) is 0 Å². The lowest BCUT2D eigenvalue weighted by molar-refractivity contribution is 0.785. The Bertz CT molecular complexity index is 729. The van der Waals surface area contributed by atoms with Crippen LogP contribution in [0.5, 0.6) is 0 Å². The topological polar surface area (TPSA) is 58.9 Å². The van der Waals surface area contributed by atoms with Crippen molar-refractivity contribution in [3.05, 3.63) is 54.0 Å². The van der Waals surface area contributed by atoms with Gasteiger partial charge in [-0.2, -0.15) is 0 Å². The fraction of sp³-hybridized carbons (Fsp3) is 0.154. The molecule has 3 rings (SSSR count). The number of halogens is 1. The number of aromatic nitrogens is 4. The van der Waals surface area contributed by atoms with Gasteiger partial charge in [-0.3, -0.25) is 4.99 Å². The summed E-state index contributed by atoms with van der Waals surface area (Å²) in [6, 6.07) is 10.2. The molecule has 0 unspecified atom stereocenters. The van der Waals surface area contributed by atoms with E-state index in [1.54, 1.807) is 19.7 Å². The predicted octanol–water partition coefficient (Wildman–Crippen LogP) is 1.76. The molecule has 0 fully saturated rings. The van der Waals surface area contributed by atoms with Crippen molar-refractivity contribution in [3.8, 4) is 0 Å². The summed E-state index contributed by atoms with van der Waals surface area (Å²) in [5, 5.41) is 0. The SMILES string of the molecule is CN=c1ncn(Cc2ccccc2)c2nc[nH]c12.Cl. The first kappa shape index (κ1) is 13.3. The third kappa shape index (κ3) is 2.51. The highest BCUT2D eigenvalue weighted by molar-refractivity contribution is 5.85. The Morgan fingerprint density at radius 1 is 1.21 bits per heavy atom. The second-order valence-corrected chi connectivity index (χ2v) is 4.01. The average molecular weight is 276 g/mol. The van der Waals surface area contributed by atoms with Crippen molar-refractivity contribution in [2.75, 3.05) is 7.05 Å². The molecule has 0 spiro atoms. The smallest absolute Gasteiger partial charge is 0.176 e. The van der Waals surface area contributed by atoms with Gasteiger partial charge in [0.05, 0.1) is 19.2 Å². The van der Waals surface area contributed by atoms with E-state index in [9.17, 15) is 0 Å². The normalized spacial score (nSPS) is 11.5. The van der Waals surface area contributed by atoms with Crippen LogP contribution in [-0.2, 0) is 6.54 Å².